The van der Waals surface area contributed by atoms with E-state index in [-0.39, 0.29) is 53.7 Å². The number of aromatic amines is 1. The summed E-state index contributed by atoms with van der Waals surface area (Å²) in [6.45, 7) is 3.11. The fourth-order valence-corrected chi connectivity index (χ4v) is 4.48. The number of carbonyl (C=O) groups excluding carboxylic acids is 1. The molecule has 2 aliphatic heterocycles. The molecule has 1 saturated heterocycles. The monoisotopic (exact) mass is 504 g/mol. The molecule has 0 aliphatic carbocycles. The number of nitrogens with one attached hydrogen (secondary N) is 3. The molecule has 0 aromatic carbocycles. The van der Waals surface area contributed by atoms with Gasteiger partial charge in [0, 0.05) is 42.6 Å². The van der Waals surface area contributed by atoms with Gasteiger partial charge < -0.3 is 20.5 Å². The standard InChI is InChI=1S/C22H26F6N6O/c1-20(2)6-5-12(8-31-20)32-19-30-10-15(22(26,27)28)16(33-19)14-9-29-17-13(14)4-3-7-34(18(17)35)11-21(23,24)25/h9-10,12,29,31H,3-8,11H2,1-2H3,(H,30,32,33)/t12-/m0/s1. The van der Waals surface area contributed by atoms with Gasteiger partial charge in [-0.1, -0.05) is 0 Å². The highest BCUT2D eigenvalue weighted by atomic mass is 19.4. The van der Waals surface area contributed by atoms with Gasteiger partial charge in [-0.15, -0.1) is 0 Å². The van der Waals surface area contributed by atoms with Crippen molar-refractivity contribution in [1.82, 2.24) is 25.2 Å². The van der Waals surface area contributed by atoms with Crippen LogP contribution in [0.2, 0.25) is 0 Å². The van der Waals surface area contributed by atoms with Crippen molar-refractivity contribution in [2.75, 3.05) is 25.0 Å². The molecule has 0 saturated carbocycles. The molecule has 13 heteroatoms. The lowest BCUT2D eigenvalue weighted by molar-refractivity contribution is -0.140. The molecular formula is C22H26F6N6O. The SMILES string of the molecule is CC1(C)CC[C@H](Nc2ncc(C(F)(F)F)c(-c3c[nH]c4c3CCCN(CC(F)(F)F)C4=O)n2)CN1. The molecule has 2 aliphatic rings. The lowest BCUT2D eigenvalue weighted by atomic mass is 9.91. The number of piperidine rings is 1. The summed E-state index contributed by atoms with van der Waals surface area (Å²) in [6.07, 6.45) is -5.56. The highest BCUT2D eigenvalue weighted by Crippen LogP contribution is 2.39. The third-order valence-electron chi connectivity index (χ3n) is 6.34. The van der Waals surface area contributed by atoms with E-state index in [0.717, 1.165) is 12.8 Å². The Kier molecular flexibility index (Phi) is 6.49. The number of nitrogens with zero attached hydrogens (tertiary/aromatic N) is 3. The van der Waals surface area contributed by atoms with Crippen molar-refractivity contribution >= 4 is 11.9 Å². The average Bonchev–Trinajstić information content (AvgIpc) is 3.10. The zero-order valence-electron chi connectivity index (χ0n) is 19.2. The minimum atomic E-state index is -4.77. The summed E-state index contributed by atoms with van der Waals surface area (Å²) < 4.78 is 80.2. The first-order valence-corrected chi connectivity index (χ1v) is 11.3. The number of rotatable bonds is 4. The molecule has 2 aromatic heterocycles. The zero-order valence-corrected chi connectivity index (χ0v) is 19.2. The van der Waals surface area contributed by atoms with Crippen LogP contribution in [-0.2, 0) is 12.6 Å². The van der Waals surface area contributed by atoms with Crippen LogP contribution in [0.15, 0.2) is 12.4 Å². The quantitative estimate of drug-likeness (QED) is 0.538. The van der Waals surface area contributed by atoms with E-state index in [2.05, 4.69) is 39.4 Å². The van der Waals surface area contributed by atoms with Gasteiger partial charge in [-0.05, 0) is 45.1 Å². The maximum absolute atomic E-state index is 13.8. The maximum atomic E-state index is 13.8. The van der Waals surface area contributed by atoms with Gasteiger partial charge in [-0.25, -0.2) is 9.97 Å². The predicted molar refractivity (Wildman–Crippen MR) is 116 cm³/mol. The zero-order chi connectivity index (χ0) is 25.6. The van der Waals surface area contributed by atoms with Crippen molar-refractivity contribution in [2.45, 2.75) is 63.5 Å². The van der Waals surface area contributed by atoms with E-state index >= 15 is 0 Å². The molecule has 7 nitrogen and oxygen atoms in total. The number of hydrogen-bond donors (Lipinski definition) is 3. The Morgan fingerprint density at radius 3 is 2.60 bits per heavy atom. The number of amides is 1. The third kappa shape index (κ3) is 5.71. The summed E-state index contributed by atoms with van der Waals surface area (Å²) in [4.78, 5) is 24.0. The Balaban J connectivity index is 1.68. The summed E-state index contributed by atoms with van der Waals surface area (Å²) in [5, 5.41) is 6.43. The van der Waals surface area contributed by atoms with Crippen LogP contribution >= 0.6 is 0 Å². The molecule has 1 atom stereocenters. The van der Waals surface area contributed by atoms with Crippen LogP contribution in [-0.4, -0.2) is 63.2 Å². The minimum absolute atomic E-state index is 0.00750. The number of alkyl halides is 6. The van der Waals surface area contributed by atoms with Crippen LogP contribution in [0.1, 0.15) is 54.7 Å². The van der Waals surface area contributed by atoms with Gasteiger partial charge in [0.1, 0.15) is 17.8 Å². The second-order valence-corrected chi connectivity index (χ2v) is 9.60. The van der Waals surface area contributed by atoms with Gasteiger partial charge in [0.05, 0.1) is 5.69 Å². The number of fused-ring (bicyclic) bond motifs is 1. The van der Waals surface area contributed by atoms with Gasteiger partial charge in [0.25, 0.3) is 5.91 Å². The molecule has 0 unspecified atom stereocenters. The van der Waals surface area contributed by atoms with Gasteiger partial charge in [0.15, 0.2) is 0 Å². The highest BCUT2D eigenvalue weighted by molar-refractivity contribution is 5.96. The van der Waals surface area contributed by atoms with Crippen molar-refractivity contribution in [3.05, 3.63) is 29.2 Å². The van der Waals surface area contributed by atoms with Gasteiger partial charge in [-0.3, -0.25) is 4.79 Å². The number of aromatic nitrogens is 3. The molecule has 3 N–H and O–H groups in total. The molecule has 1 fully saturated rings. The van der Waals surface area contributed by atoms with E-state index in [1.807, 2.05) is 0 Å². The van der Waals surface area contributed by atoms with Crippen LogP contribution in [0.4, 0.5) is 32.3 Å². The second kappa shape index (κ2) is 8.99. The lowest BCUT2D eigenvalue weighted by Gasteiger charge is -2.36. The number of hydrogen-bond acceptors (Lipinski definition) is 5. The molecule has 0 bridgehead atoms. The molecule has 4 heterocycles. The molecule has 192 valence electrons. The van der Waals surface area contributed by atoms with E-state index < -0.39 is 36.1 Å². The fraction of sp³-hybridized carbons (Fsp3) is 0.591. The number of H-pyrrole nitrogens is 1. The van der Waals surface area contributed by atoms with Gasteiger partial charge in [-0.2, -0.15) is 26.3 Å². The largest absolute Gasteiger partial charge is 0.419 e. The summed E-state index contributed by atoms with van der Waals surface area (Å²) >= 11 is 0. The summed E-state index contributed by atoms with van der Waals surface area (Å²) in [6, 6.07) is -0.0894. The summed E-state index contributed by atoms with van der Waals surface area (Å²) in [5.41, 5.74) is -1.45. The molecule has 0 spiro atoms. The molecule has 2 aromatic rings. The van der Waals surface area contributed by atoms with Crippen LogP contribution < -0.4 is 10.6 Å². The van der Waals surface area contributed by atoms with Crippen molar-refractivity contribution in [3.8, 4) is 11.3 Å². The first kappa shape index (κ1) is 25.3. The second-order valence-electron chi connectivity index (χ2n) is 9.60. The smallest absolute Gasteiger partial charge is 0.356 e. The van der Waals surface area contributed by atoms with Crippen LogP contribution in [0.25, 0.3) is 11.3 Å². The van der Waals surface area contributed by atoms with Crippen LogP contribution in [0, 0.1) is 0 Å². The predicted octanol–water partition coefficient (Wildman–Crippen LogP) is 4.38. The first-order valence-electron chi connectivity index (χ1n) is 11.3. The lowest BCUT2D eigenvalue weighted by Crippen LogP contribution is -2.50. The van der Waals surface area contributed by atoms with Crippen LogP contribution in [0.5, 0.6) is 0 Å². The maximum Gasteiger partial charge on any atom is 0.419 e. The Hall–Kier alpha value is -2.83. The van der Waals surface area contributed by atoms with Crippen molar-refractivity contribution in [2.24, 2.45) is 0 Å². The van der Waals surface area contributed by atoms with Gasteiger partial charge >= 0.3 is 12.4 Å². The van der Waals surface area contributed by atoms with Crippen LogP contribution in [0.3, 0.4) is 0 Å². The first-order chi connectivity index (χ1) is 16.2. The number of halogens is 6. The van der Waals surface area contributed by atoms with Crippen molar-refractivity contribution in [1.29, 1.82) is 0 Å². The summed E-state index contributed by atoms with van der Waals surface area (Å²) in [5.74, 6) is -0.897. The van der Waals surface area contributed by atoms with E-state index in [9.17, 15) is 31.1 Å². The van der Waals surface area contributed by atoms with Crippen molar-refractivity contribution in [3.63, 3.8) is 0 Å². The summed E-state index contributed by atoms with van der Waals surface area (Å²) in [7, 11) is 0. The van der Waals surface area contributed by atoms with Gasteiger partial charge in [0.2, 0.25) is 5.95 Å². The Labute approximate surface area is 197 Å². The van der Waals surface area contributed by atoms with E-state index in [0.29, 0.717) is 17.6 Å². The topological polar surface area (TPSA) is 85.9 Å². The normalized spacial score (nSPS) is 21.0. The molecular weight excluding hydrogens is 478 g/mol. The highest BCUT2D eigenvalue weighted by Gasteiger charge is 2.39. The Morgan fingerprint density at radius 2 is 1.97 bits per heavy atom. The molecule has 35 heavy (non-hydrogen) atoms. The Morgan fingerprint density at radius 1 is 1.23 bits per heavy atom. The Bertz CT molecular complexity index is 1080. The molecule has 1 amide bonds. The number of carbonyl (C=O) groups is 1. The van der Waals surface area contributed by atoms with E-state index in [4.69, 9.17) is 0 Å². The minimum Gasteiger partial charge on any atom is -0.356 e. The molecule has 0 radical (unpaired) electrons. The average molecular weight is 504 g/mol. The molecule has 4 rings (SSSR count). The van der Waals surface area contributed by atoms with E-state index in [1.54, 1.807) is 0 Å². The third-order valence-corrected chi connectivity index (χ3v) is 6.34. The fourth-order valence-electron chi connectivity index (χ4n) is 4.48. The van der Waals surface area contributed by atoms with E-state index in [1.165, 1.54) is 6.20 Å². The number of anilines is 1. The van der Waals surface area contributed by atoms with Crippen molar-refractivity contribution < 1.29 is 31.1 Å².